The molecule has 0 atom stereocenters. The third kappa shape index (κ3) is 6.49. The number of rotatable bonds is 8. The normalized spacial score (nSPS) is 24.5. The molecule has 0 radical (unpaired) electrons. The Bertz CT molecular complexity index is 1010. The van der Waals surface area contributed by atoms with Gasteiger partial charge in [-0.25, -0.2) is 22.4 Å². The van der Waals surface area contributed by atoms with E-state index in [4.69, 9.17) is 4.74 Å². The van der Waals surface area contributed by atoms with Gasteiger partial charge >= 0.3 is 5.97 Å². The molecule has 0 amide bonds. The van der Waals surface area contributed by atoms with Crippen molar-refractivity contribution >= 4 is 5.97 Å². The first kappa shape index (κ1) is 26.7. The number of unbranched alkanes of at least 4 members (excludes halogenated alkanes) is 2. The van der Waals surface area contributed by atoms with E-state index >= 15 is 0 Å². The Morgan fingerprint density at radius 1 is 0.806 bits per heavy atom. The lowest BCUT2D eigenvalue weighted by Gasteiger charge is -2.38. The van der Waals surface area contributed by atoms with Crippen molar-refractivity contribution in [1.29, 1.82) is 0 Å². The van der Waals surface area contributed by atoms with E-state index in [-0.39, 0.29) is 11.5 Å². The van der Waals surface area contributed by atoms with Crippen LogP contribution < -0.4 is 4.74 Å². The van der Waals surface area contributed by atoms with Gasteiger partial charge in [0.15, 0.2) is 17.5 Å². The Labute approximate surface area is 211 Å². The van der Waals surface area contributed by atoms with Crippen LogP contribution in [0.2, 0.25) is 0 Å². The van der Waals surface area contributed by atoms with Crippen LogP contribution in [-0.4, -0.2) is 5.97 Å². The molecule has 0 saturated heterocycles. The second-order valence-electron chi connectivity index (χ2n) is 10.7. The van der Waals surface area contributed by atoms with Gasteiger partial charge in [-0.2, -0.15) is 0 Å². The number of halogens is 4. The maximum absolute atomic E-state index is 14.8. The van der Waals surface area contributed by atoms with Crippen molar-refractivity contribution in [2.24, 2.45) is 17.8 Å². The van der Waals surface area contributed by atoms with Gasteiger partial charge in [0, 0.05) is 12.1 Å². The summed E-state index contributed by atoms with van der Waals surface area (Å²) < 4.78 is 59.5. The Balaban J connectivity index is 1.29. The number of hydrogen-bond donors (Lipinski definition) is 0. The minimum Gasteiger partial charge on any atom is -0.423 e. The van der Waals surface area contributed by atoms with Gasteiger partial charge in [-0.15, -0.1) is 0 Å². The highest BCUT2D eigenvalue weighted by atomic mass is 19.2. The fraction of sp³-hybridized carbons (Fsp3) is 0.567. The van der Waals surface area contributed by atoms with Gasteiger partial charge in [-0.05, 0) is 79.9 Å². The molecule has 2 fully saturated rings. The topological polar surface area (TPSA) is 26.3 Å². The van der Waals surface area contributed by atoms with Crippen LogP contribution in [0.5, 0.6) is 5.75 Å². The largest absolute Gasteiger partial charge is 0.423 e. The minimum absolute atomic E-state index is 0.256. The summed E-state index contributed by atoms with van der Waals surface area (Å²) in [5, 5.41) is 0. The number of carbonyl (C=O) groups is 1. The van der Waals surface area contributed by atoms with Crippen molar-refractivity contribution in [2.75, 3.05) is 0 Å². The first-order valence-electron chi connectivity index (χ1n) is 13.5. The van der Waals surface area contributed by atoms with E-state index in [2.05, 4.69) is 6.92 Å². The van der Waals surface area contributed by atoms with Gasteiger partial charge in [0.05, 0.1) is 5.56 Å². The molecule has 2 saturated carbocycles. The Hall–Kier alpha value is -2.37. The van der Waals surface area contributed by atoms with E-state index in [0.717, 1.165) is 49.0 Å². The minimum atomic E-state index is -1.66. The fourth-order valence-corrected chi connectivity index (χ4v) is 6.26. The van der Waals surface area contributed by atoms with Crippen molar-refractivity contribution in [3.8, 4) is 5.75 Å². The van der Waals surface area contributed by atoms with Crippen molar-refractivity contribution < 1.29 is 27.1 Å². The summed E-state index contributed by atoms with van der Waals surface area (Å²) in [6, 6.07) is 5.57. The zero-order valence-electron chi connectivity index (χ0n) is 21.0. The Morgan fingerprint density at radius 2 is 1.42 bits per heavy atom. The van der Waals surface area contributed by atoms with Crippen LogP contribution >= 0.6 is 0 Å². The molecule has 0 heterocycles. The van der Waals surface area contributed by atoms with Crippen LogP contribution in [0.3, 0.4) is 0 Å². The molecule has 36 heavy (non-hydrogen) atoms. The highest BCUT2D eigenvalue weighted by Gasteiger charge is 2.31. The smallest absolute Gasteiger partial charge is 0.346 e. The average Bonchev–Trinajstić information content (AvgIpc) is 2.88. The van der Waals surface area contributed by atoms with Crippen molar-refractivity contribution in [2.45, 2.75) is 89.9 Å². The third-order valence-electron chi connectivity index (χ3n) is 8.40. The van der Waals surface area contributed by atoms with E-state index in [1.165, 1.54) is 63.5 Å². The summed E-state index contributed by atoms with van der Waals surface area (Å²) in [5.74, 6) is -4.21. The summed E-state index contributed by atoms with van der Waals surface area (Å²) in [5.41, 5.74) is 0.536. The van der Waals surface area contributed by atoms with E-state index < -0.39 is 35.0 Å². The molecule has 2 aliphatic carbocycles. The van der Waals surface area contributed by atoms with Gasteiger partial charge in [-0.3, -0.25) is 0 Å². The molecule has 196 valence electrons. The van der Waals surface area contributed by atoms with E-state index in [9.17, 15) is 22.4 Å². The summed E-state index contributed by atoms with van der Waals surface area (Å²) in [7, 11) is 0. The molecule has 4 rings (SSSR count). The molecule has 2 nitrogen and oxygen atoms in total. The van der Waals surface area contributed by atoms with Crippen LogP contribution in [0, 0.1) is 41.0 Å². The molecule has 2 aromatic rings. The van der Waals surface area contributed by atoms with E-state index in [0.29, 0.717) is 12.1 Å². The van der Waals surface area contributed by atoms with Gasteiger partial charge < -0.3 is 4.74 Å². The second kappa shape index (κ2) is 12.2. The lowest BCUT2D eigenvalue weighted by atomic mass is 9.68. The SMILES string of the molecule is CCCCCC1CCC(C2CCC(c3ccc(C(=O)Oc4cc(F)c(F)c(F)c4)c(F)c3)CC2)CC1. The lowest BCUT2D eigenvalue weighted by Crippen LogP contribution is -2.25. The summed E-state index contributed by atoms with van der Waals surface area (Å²) in [4.78, 5) is 12.3. The predicted octanol–water partition coefficient (Wildman–Crippen LogP) is 9.12. The molecule has 0 aliphatic heterocycles. The van der Waals surface area contributed by atoms with Gasteiger partial charge in [-0.1, -0.05) is 51.5 Å². The number of ether oxygens (including phenoxy) is 1. The zero-order chi connectivity index (χ0) is 25.7. The molecule has 0 aromatic heterocycles. The number of benzene rings is 2. The standard InChI is InChI=1S/C30H36F4O2/c1-2-3-4-5-19-6-8-20(9-7-19)21-10-12-22(13-11-21)23-14-15-25(26(31)16-23)30(35)36-24-17-27(32)29(34)28(33)18-24/h14-22H,2-13H2,1H3. The maximum atomic E-state index is 14.8. The quantitative estimate of drug-likeness (QED) is 0.118. The predicted molar refractivity (Wildman–Crippen MR) is 132 cm³/mol. The summed E-state index contributed by atoms with van der Waals surface area (Å²) in [6.45, 7) is 2.26. The molecule has 0 unspecified atom stereocenters. The molecule has 0 spiro atoms. The van der Waals surface area contributed by atoms with Crippen LogP contribution in [0.15, 0.2) is 30.3 Å². The second-order valence-corrected chi connectivity index (χ2v) is 10.7. The molecule has 2 aromatic carbocycles. The van der Waals surface area contributed by atoms with Crippen molar-refractivity contribution in [3.05, 3.63) is 64.7 Å². The number of hydrogen-bond acceptors (Lipinski definition) is 2. The van der Waals surface area contributed by atoms with Gasteiger partial charge in [0.25, 0.3) is 0 Å². The van der Waals surface area contributed by atoms with E-state index in [1.54, 1.807) is 6.07 Å². The highest BCUT2D eigenvalue weighted by molar-refractivity contribution is 5.91. The average molecular weight is 505 g/mol. The first-order chi connectivity index (χ1) is 17.4. The van der Waals surface area contributed by atoms with Crippen molar-refractivity contribution in [1.82, 2.24) is 0 Å². The summed E-state index contributed by atoms with van der Waals surface area (Å²) in [6.07, 6.45) is 15.2. The highest BCUT2D eigenvalue weighted by Crippen LogP contribution is 2.44. The van der Waals surface area contributed by atoms with Gasteiger partial charge in [0.1, 0.15) is 11.6 Å². The van der Waals surface area contributed by atoms with Crippen LogP contribution in [-0.2, 0) is 0 Å². The van der Waals surface area contributed by atoms with Crippen molar-refractivity contribution in [3.63, 3.8) is 0 Å². The first-order valence-corrected chi connectivity index (χ1v) is 13.5. The molecule has 0 bridgehead atoms. The van der Waals surface area contributed by atoms with Crippen LogP contribution in [0.4, 0.5) is 17.6 Å². The zero-order valence-corrected chi connectivity index (χ0v) is 21.0. The molecule has 0 N–H and O–H groups in total. The van der Waals surface area contributed by atoms with E-state index in [1.807, 2.05) is 0 Å². The maximum Gasteiger partial charge on any atom is 0.346 e. The Kier molecular flexibility index (Phi) is 9.08. The van der Waals surface area contributed by atoms with Gasteiger partial charge in [0.2, 0.25) is 0 Å². The molecule has 6 heteroatoms. The summed E-state index contributed by atoms with van der Waals surface area (Å²) >= 11 is 0. The lowest BCUT2D eigenvalue weighted by molar-refractivity contribution is 0.0728. The third-order valence-corrected chi connectivity index (χ3v) is 8.40. The fourth-order valence-electron chi connectivity index (χ4n) is 6.26. The molecular formula is C30H36F4O2. The molecular weight excluding hydrogens is 468 g/mol. The number of esters is 1. The monoisotopic (exact) mass is 504 g/mol. The Morgan fingerprint density at radius 3 is 2.00 bits per heavy atom. The van der Waals surface area contributed by atoms with Crippen LogP contribution in [0.25, 0.3) is 0 Å². The number of carbonyl (C=O) groups excluding carboxylic acids is 1. The molecule has 2 aliphatic rings. The van der Waals surface area contributed by atoms with Crippen LogP contribution in [0.1, 0.15) is 106 Å².